The molecule has 1 aliphatic rings. The summed E-state index contributed by atoms with van der Waals surface area (Å²) in [6, 6.07) is 8.99. The minimum atomic E-state index is 0.228. The molecular formula is C18H30N2O. The number of benzene rings is 1. The van der Waals surface area contributed by atoms with Gasteiger partial charge in [-0.3, -0.25) is 0 Å². The Morgan fingerprint density at radius 1 is 1.29 bits per heavy atom. The highest BCUT2D eigenvalue weighted by molar-refractivity contribution is 5.29. The van der Waals surface area contributed by atoms with Crippen LogP contribution in [0.3, 0.4) is 0 Å². The smallest absolute Gasteiger partial charge is 0.119 e. The number of hydrogen-bond acceptors (Lipinski definition) is 3. The molecule has 118 valence electrons. The maximum atomic E-state index is 5.73. The normalized spacial score (nSPS) is 20.9. The van der Waals surface area contributed by atoms with Crippen molar-refractivity contribution in [3.8, 4) is 5.75 Å². The fourth-order valence-corrected chi connectivity index (χ4v) is 3.04. The van der Waals surface area contributed by atoms with Gasteiger partial charge in [-0.05, 0) is 57.0 Å². The first kappa shape index (κ1) is 16.3. The maximum Gasteiger partial charge on any atom is 0.119 e. The predicted octanol–water partition coefficient (Wildman–Crippen LogP) is 3.47. The van der Waals surface area contributed by atoms with Crippen molar-refractivity contribution in [3.05, 3.63) is 29.8 Å². The second-order valence-electron chi connectivity index (χ2n) is 6.50. The van der Waals surface area contributed by atoms with Gasteiger partial charge < -0.3 is 15.0 Å². The van der Waals surface area contributed by atoms with Crippen LogP contribution < -0.4 is 10.1 Å². The summed E-state index contributed by atoms with van der Waals surface area (Å²) >= 11 is 0. The first-order valence-corrected chi connectivity index (χ1v) is 8.30. The zero-order chi connectivity index (χ0) is 15.2. The molecule has 0 bridgehead atoms. The summed E-state index contributed by atoms with van der Waals surface area (Å²) in [7, 11) is 0. The second kappa shape index (κ2) is 7.81. The Kier molecular flexibility index (Phi) is 6.07. The van der Waals surface area contributed by atoms with Crippen LogP contribution in [0, 0.1) is 5.92 Å². The molecule has 2 atom stereocenters. The summed E-state index contributed by atoms with van der Waals surface area (Å²) in [5, 5.41) is 3.62. The molecule has 1 N–H and O–H groups in total. The molecule has 0 aliphatic carbocycles. The van der Waals surface area contributed by atoms with E-state index in [1.165, 1.54) is 25.1 Å². The van der Waals surface area contributed by atoms with Crippen molar-refractivity contribution in [1.82, 2.24) is 10.2 Å². The Morgan fingerprint density at radius 3 is 2.52 bits per heavy atom. The first-order chi connectivity index (χ1) is 10.1. The van der Waals surface area contributed by atoms with Crippen molar-refractivity contribution in [3.63, 3.8) is 0 Å². The maximum absolute atomic E-state index is 5.73. The predicted molar refractivity (Wildman–Crippen MR) is 88.8 cm³/mol. The van der Waals surface area contributed by atoms with E-state index in [9.17, 15) is 0 Å². The number of likely N-dealkylation sites (tertiary alicyclic amines) is 1. The SMILES string of the molecule is CCNC(CN1CCC(C)C1)c1ccc(OC(C)C)cc1. The summed E-state index contributed by atoms with van der Waals surface area (Å²) in [6.07, 6.45) is 1.56. The van der Waals surface area contributed by atoms with Crippen molar-refractivity contribution in [2.45, 2.75) is 46.3 Å². The second-order valence-corrected chi connectivity index (χ2v) is 6.50. The molecular weight excluding hydrogens is 260 g/mol. The summed E-state index contributed by atoms with van der Waals surface area (Å²) < 4.78 is 5.73. The molecule has 1 aromatic carbocycles. The van der Waals surface area contributed by atoms with Gasteiger partial charge in [-0.25, -0.2) is 0 Å². The molecule has 3 heteroatoms. The standard InChI is InChI=1S/C18H30N2O/c1-5-19-18(13-20-11-10-15(4)12-20)16-6-8-17(9-7-16)21-14(2)3/h6-9,14-15,18-19H,5,10-13H2,1-4H3. The van der Waals surface area contributed by atoms with E-state index < -0.39 is 0 Å². The Morgan fingerprint density at radius 2 is 2.00 bits per heavy atom. The molecule has 2 rings (SSSR count). The average Bonchev–Trinajstić information content (AvgIpc) is 2.84. The van der Waals surface area contributed by atoms with Gasteiger partial charge in [0.05, 0.1) is 6.10 Å². The zero-order valence-corrected chi connectivity index (χ0v) is 13.9. The van der Waals surface area contributed by atoms with E-state index in [2.05, 4.69) is 62.2 Å². The van der Waals surface area contributed by atoms with Gasteiger partial charge in [-0.15, -0.1) is 0 Å². The van der Waals surface area contributed by atoms with Gasteiger partial charge in [-0.1, -0.05) is 26.0 Å². The summed E-state index contributed by atoms with van der Waals surface area (Å²) in [6.45, 7) is 13.2. The topological polar surface area (TPSA) is 24.5 Å². The molecule has 0 saturated carbocycles. The van der Waals surface area contributed by atoms with Gasteiger partial charge in [0, 0.05) is 19.1 Å². The minimum Gasteiger partial charge on any atom is -0.491 e. The zero-order valence-electron chi connectivity index (χ0n) is 13.9. The fraction of sp³-hybridized carbons (Fsp3) is 0.667. The third-order valence-corrected chi connectivity index (χ3v) is 4.05. The minimum absolute atomic E-state index is 0.228. The van der Waals surface area contributed by atoms with E-state index in [4.69, 9.17) is 4.74 Å². The quantitative estimate of drug-likeness (QED) is 0.832. The van der Waals surface area contributed by atoms with Gasteiger partial charge in [0.15, 0.2) is 0 Å². The van der Waals surface area contributed by atoms with Gasteiger partial charge >= 0.3 is 0 Å². The highest BCUT2D eigenvalue weighted by Gasteiger charge is 2.22. The lowest BCUT2D eigenvalue weighted by Crippen LogP contribution is -2.34. The van der Waals surface area contributed by atoms with Crippen molar-refractivity contribution in [2.75, 3.05) is 26.2 Å². The number of hydrogen-bond donors (Lipinski definition) is 1. The van der Waals surface area contributed by atoms with Gasteiger partial charge in [0.25, 0.3) is 0 Å². The Bertz CT molecular complexity index is 416. The molecule has 1 aliphatic heterocycles. The largest absolute Gasteiger partial charge is 0.491 e. The molecule has 2 unspecified atom stereocenters. The van der Waals surface area contributed by atoms with Crippen molar-refractivity contribution < 1.29 is 4.74 Å². The fourth-order valence-electron chi connectivity index (χ4n) is 3.04. The van der Waals surface area contributed by atoms with E-state index in [1.54, 1.807) is 0 Å². The summed E-state index contributed by atoms with van der Waals surface area (Å²) in [5.41, 5.74) is 1.35. The monoisotopic (exact) mass is 290 g/mol. The van der Waals surface area contributed by atoms with Crippen LogP contribution in [0.25, 0.3) is 0 Å². The number of likely N-dealkylation sites (N-methyl/N-ethyl adjacent to an activating group) is 1. The van der Waals surface area contributed by atoms with Crippen LogP contribution in [0.15, 0.2) is 24.3 Å². The van der Waals surface area contributed by atoms with Crippen LogP contribution in [0.4, 0.5) is 0 Å². The van der Waals surface area contributed by atoms with E-state index in [0.29, 0.717) is 6.04 Å². The number of ether oxygens (including phenoxy) is 1. The van der Waals surface area contributed by atoms with E-state index in [1.807, 2.05) is 0 Å². The van der Waals surface area contributed by atoms with Gasteiger partial charge in [0.2, 0.25) is 0 Å². The van der Waals surface area contributed by atoms with Crippen LogP contribution in [0.2, 0.25) is 0 Å². The van der Waals surface area contributed by atoms with Crippen LogP contribution in [-0.2, 0) is 0 Å². The van der Waals surface area contributed by atoms with Crippen LogP contribution in [-0.4, -0.2) is 37.2 Å². The molecule has 1 fully saturated rings. The highest BCUT2D eigenvalue weighted by Crippen LogP contribution is 2.22. The van der Waals surface area contributed by atoms with Gasteiger partial charge in [-0.2, -0.15) is 0 Å². The lowest BCUT2D eigenvalue weighted by molar-refractivity contribution is 0.242. The molecule has 1 aromatic rings. The third-order valence-electron chi connectivity index (χ3n) is 4.05. The molecule has 0 spiro atoms. The van der Waals surface area contributed by atoms with Crippen LogP contribution >= 0.6 is 0 Å². The van der Waals surface area contributed by atoms with Crippen molar-refractivity contribution in [1.29, 1.82) is 0 Å². The lowest BCUT2D eigenvalue weighted by Gasteiger charge is -2.25. The Balaban J connectivity index is 1.99. The first-order valence-electron chi connectivity index (χ1n) is 8.30. The Hall–Kier alpha value is -1.06. The number of rotatable bonds is 7. The molecule has 0 aromatic heterocycles. The van der Waals surface area contributed by atoms with E-state index >= 15 is 0 Å². The molecule has 1 saturated heterocycles. The average molecular weight is 290 g/mol. The van der Waals surface area contributed by atoms with E-state index in [-0.39, 0.29) is 6.10 Å². The summed E-state index contributed by atoms with van der Waals surface area (Å²) in [4.78, 5) is 2.58. The van der Waals surface area contributed by atoms with Crippen molar-refractivity contribution >= 4 is 0 Å². The summed E-state index contributed by atoms with van der Waals surface area (Å²) in [5.74, 6) is 1.80. The van der Waals surface area contributed by atoms with Gasteiger partial charge in [0.1, 0.15) is 5.75 Å². The molecule has 0 radical (unpaired) electrons. The lowest BCUT2D eigenvalue weighted by atomic mass is 10.1. The highest BCUT2D eigenvalue weighted by atomic mass is 16.5. The van der Waals surface area contributed by atoms with Crippen LogP contribution in [0.5, 0.6) is 5.75 Å². The number of nitrogens with one attached hydrogen (secondary N) is 1. The molecule has 0 amide bonds. The number of nitrogens with zero attached hydrogens (tertiary/aromatic N) is 1. The molecule has 1 heterocycles. The van der Waals surface area contributed by atoms with E-state index in [0.717, 1.165) is 24.8 Å². The Labute approximate surface area is 129 Å². The molecule has 3 nitrogen and oxygen atoms in total. The third kappa shape index (κ3) is 5.01. The van der Waals surface area contributed by atoms with Crippen molar-refractivity contribution in [2.24, 2.45) is 5.92 Å². The van der Waals surface area contributed by atoms with Crippen LogP contribution in [0.1, 0.15) is 45.7 Å². The molecule has 21 heavy (non-hydrogen) atoms.